The fourth-order valence-electron chi connectivity index (χ4n) is 3.70. The van der Waals surface area contributed by atoms with Gasteiger partial charge in [-0.2, -0.15) is 0 Å². The van der Waals surface area contributed by atoms with E-state index in [0.717, 1.165) is 41.0 Å². The number of benzene rings is 2. The lowest BCUT2D eigenvalue weighted by atomic mass is 9.88. The third-order valence-electron chi connectivity index (χ3n) is 5.02. The van der Waals surface area contributed by atoms with Gasteiger partial charge in [-0.15, -0.1) is 10.2 Å². The molecule has 0 atom stereocenters. The summed E-state index contributed by atoms with van der Waals surface area (Å²) >= 11 is 0. The van der Waals surface area contributed by atoms with Crippen LogP contribution in [0.15, 0.2) is 54.6 Å². The van der Waals surface area contributed by atoms with E-state index in [9.17, 15) is 0 Å². The number of rotatable bonds is 2. The van der Waals surface area contributed by atoms with Crippen molar-refractivity contribution in [3.63, 3.8) is 0 Å². The van der Waals surface area contributed by atoms with Crippen LogP contribution in [-0.4, -0.2) is 10.2 Å². The Hall–Kier alpha value is -2.68. The van der Waals surface area contributed by atoms with Gasteiger partial charge in [0, 0.05) is 16.8 Å². The maximum absolute atomic E-state index is 5.85. The molecule has 0 spiro atoms. The molecule has 4 rings (SSSR count). The van der Waals surface area contributed by atoms with Gasteiger partial charge in [-0.3, -0.25) is 0 Å². The van der Waals surface area contributed by atoms with Crippen LogP contribution in [-0.2, 0) is 12.8 Å². The molecule has 0 saturated carbocycles. The van der Waals surface area contributed by atoms with E-state index in [0.29, 0.717) is 0 Å². The van der Waals surface area contributed by atoms with E-state index in [1.54, 1.807) is 0 Å². The number of fused-ring (bicyclic) bond motifs is 1. The third-order valence-corrected chi connectivity index (χ3v) is 5.02. The van der Waals surface area contributed by atoms with Crippen LogP contribution in [0.3, 0.4) is 0 Å². The Balaban J connectivity index is 1.89. The quantitative estimate of drug-likeness (QED) is 0.669. The Bertz CT molecular complexity index is 854. The Labute approximate surface area is 148 Å². The maximum atomic E-state index is 5.85. The molecule has 0 aliphatic heterocycles. The van der Waals surface area contributed by atoms with Crippen LogP contribution in [0, 0.1) is 0 Å². The molecule has 2 N–H and O–H groups in total. The average Bonchev–Trinajstić information content (AvgIpc) is 2.63. The number of nitrogens with two attached hydrogens (primary N) is 1. The van der Waals surface area contributed by atoms with Crippen molar-refractivity contribution in [2.45, 2.75) is 38.5 Å². The van der Waals surface area contributed by atoms with Crippen molar-refractivity contribution in [2.75, 3.05) is 5.73 Å². The first-order valence-corrected chi connectivity index (χ1v) is 9.13. The zero-order valence-corrected chi connectivity index (χ0v) is 14.4. The lowest BCUT2D eigenvalue weighted by Crippen LogP contribution is -2.08. The number of hydrogen-bond donors (Lipinski definition) is 1. The molecule has 25 heavy (non-hydrogen) atoms. The van der Waals surface area contributed by atoms with Gasteiger partial charge in [0.15, 0.2) is 0 Å². The maximum Gasteiger partial charge on any atom is 0.0964 e. The van der Waals surface area contributed by atoms with E-state index in [2.05, 4.69) is 46.6 Å². The van der Waals surface area contributed by atoms with Gasteiger partial charge in [-0.1, -0.05) is 55.3 Å². The molecule has 2 aromatic carbocycles. The largest absolute Gasteiger partial charge is 0.399 e. The monoisotopic (exact) mass is 329 g/mol. The highest BCUT2D eigenvalue weighted by atomic mass is 15.1. The van der Waals surface area contributed by atoms with E-state index in [4.69, 9.17) is 5.73 Å². The lowest BCUT2D eigenvalue weighted by molar-refractivity contribution is 0.614. The highest BCUT2D eigenvalue weighted by Crippen LogP contribution is 2.34. The van der Waals surface area contributed by atoms with Gasteiger partial charge in [0.1, 0.15) is 0 Å². The normalized spacial score (nSPS) is 14.4. The average molecular weight is 329 g/mol. The Morgan fingerprint density at radius 2 is 1.12 bits per heavy atom. The number of aromatic nitrogens is 2. The molecular formula is C22H23N3. The van der Waals surface area contributed by atoms with Gasteiger partial charge < -0.3 is 5.73 Å². The molecule has 0 bridgehead atoms. The summed E-state index contributed by atoms with van der Waals surface area (Å²) in [6.07, 6.45) is 7.19. The molecule has 1 aliphatic rings. The molecule has 126 valence electrons. The Kier molecular flexibility index (Phi) is 4.47. The van der Waals surface area contributed by atoms with Crippen molar-refractivity contribution in [3.05, 3.63) is 65.7 Å². The van der Waals surface area contributed by atoms with Gasteiger partial charge in [0.05, 0.1) is 11.4 Å². The van der Waals surface area contributed by atoms with Crippen LogP contribution in [0.25, 0.3) is 22.5 Å². The summed E-state index contributed by atoms with van der Waals surface area (Å²) < 4.78 is 0. The third kappa shape index (κ3) is 3.27. The second-order valence-corrected chi connectivity index (χ2v) is 6.76. The smallest absolute Gasteiger partial charge is 0.0964 e. The van der Waals surface area contributed by atoms with E-state index in [1.165, 1.54) is 36.8 Å². The highest BCUT2D eigenvalue weighted by Gasteiger charge is 2.19. The number of nitrogens with zero attached hydrogens (tertiary/aromatic N) is 2. The van der Waals surface area contributed by atoms with Crippen molar-refractivity contribution in [3.8, 4) is 22.5 Å². The van der Waals surface area contributed by atoms with Crippen molar-refractivity contribution in [1.29, 1.82) is 0 Å². The summed E-state index contributed by atoms with van der Waals surface area (Å²) in [5.74, 6) is 0. The summed E-state index contributed by atoms with van der Waals surface area (Å²) in [7, 11) is 0. The first-order chi connectivity index (χ1) is 12.3. The first-order valence-electron chi connectivity index (χ1n) is 9.13. The molecule has 3 aromatic rings. The fourth-order valence-corrected chi connectivity index (χ4v) is 3.70. The minimum Gasteiger partial charge on any atom is -0.399 e. The van der Waals surface area contributed by atoms with Gasteiger partial charge >= 0.3 is 0 Å². The summed E-state index contributed by atoms with van der Waals surface area (Å²) in [6, 6.07) is 18.4. The molecule has 3 nitrogen and oxygen atoms in total. The minimum atomic E-state index is 0.778. The number of hydrogen-bond acceptors (Lipinski definition) is 3. The second-order valence-electron chi connectivity index (χ2n) is 6.76. The molecule has 1 heterocycles. The standard InChI is InChI=1S/C22H23N3/c23-18-14-12-17(13-15-18)22-20-11-7-2-1-6-10-19(20)21(24-25-22)16-8-4-3-5-9-16/h3-5,8-9,12-15H,1-2,6-7,10-11,23H2. The van der Waals surface area contributed by atoms with Crippen LogP contribution in [0.4, 0.5) is 5.69 Å². The Morgan fingerprint density at radius 1 is 0.600 bits per heavy atom. The minimum absolute atomic E-state index is 0.778. The molecular weight excluding hydrogens is 306 g/mol. The van der Waals surface area contributed by atoms with Crippen LogP contribution in [0.1, 0.15) is 36.8 Å². The van der Waals surface area contributed by atoms with Gasteiger partial charge in [0.25, 0.3) is 0 Å². The van der Waals surface area contributed by atoms with E-state index in [1.807, 2.05) is 18.2 Å². The zero-order chi connectivity index (χ0) is 17.1. The predicted molar refractivity (Wildman–Crippen MR) is 103 cm³/mol. The van der Waals surface area contributed by atoms with Crippen molar-refractivity contribution >= 4 is 5.69 Å². The van der Waals surface area contributed by atoms with Gasteiger partial charge in [-0.05, 0) is 48.9 Å². The molecule has 0 unspecified atom stereocenters. The molecule has 0 fully saturated rings. The number of anilines is 1. The fraction of sp³-hybridized carbons (Fsp3) is 0.273. The van der Waals surface area contributed by atoms with E-state index in [-0.39, 0.29) is 0 Å². The lowest BCUT2D eigenvalue weighted by Gasteiger charge is -2.19. The highest BCUT2D eigenvalue weighted by molar-refractivity contribution is 5.72. The summed E-state index contributed by atoms with van der Waals surface area (Å²) in [5, 5.41) is 9.30. The summed E-state index contributed by atoms with van der Waals surface area (Å²) in [6.45, 7) is 0. The molecule has 0 saturated heterocycles. The molecule has 1 aromatic heterocycles. The van der Waals surface area contributed by atoms with Crippen molar-refractivity contribution in [2.24, 2.45) is 0 Å². The second kappa shape index (κ2) is 7.06. The van der Waals surface area contributed by atoms with Crippen molar-refractivity contribution < 1.29 is 0 Å². The molecule has 3 heteroatoms. The summed E-state index contributed by atoms with van der Waals surface area (Å²) in [5.41, 5.74) is 13.7. The molecule has 0 amide bonds. The van der Waals surface area contributed by atoms with Crippen molar-refractivity contribution in [1.82, 2.24) is 10.2 Å². The zero-order valence-electron chi connectivity index (χ0n) is 14.4. The predicted octanol–water partition coefficient (Wildman–Crippen LogP) is 5.05. The number of nitrogen functional groups attached to an aromatic ring is 1. The molecule has 1 aliphatic carbocycles. The SMILES string of the molecule is Nc1ccc(-c2nnc(-c3ccccc3)c3c2CCCCCC3)cc1. The van der Waals surface area contributed by atoms with Crippen LogP contribution in [0.2, 0.25) is 0 Å². The van der Waals surface area contributed by atoms with Crippen LogP contribution < -0.4 is 5.73 Å². The summed E-state index contributed by atoms with van der Waals surface area (Å²) in [4.78, 5) is 0. The van der Waals surface area contributed by atoms with Gasteiger partial charge in [-0.25, -0.2) is 0 Å². The topological polar surface area (TPSA) is 51.8 Å². The van der Waals surface area contributed by atoms with Crippen LogP contribution in [0.5, 0.6) is 0 Å². The van der Waals surface area contributed by atoms with Gasteiger partial charge in [0.2, 0.25) is 0 Å². The van der Waals surface area contributed by atoms with Crippen LogP contribution >= 0.6 is 0 Å². The molecule has 0 radical (unpaired) electrons. The Morgan fingerprint density at radius 3 is 1.68 bits per heavy atom. The first kappa shape index (κ1) is 15.8. The van der Waals surface area contributed by atoms with E-state index < -0.39 is 0 Å². The van der Waals surface area contributed by atoms with E-state index >= 15 is 0 Å².